The lowest BCUT2D eigenvalue weighted by Crippen LogP contribution is -2.26. The van der Waals surface area contributed by atoms with Crippen LogP contribution in [0.5, 0.6) is 0 Å². The molecule has 0 saturated carbocycles. The van der Waals surface area contributed by atoms with Gasteiger partial charge in [-0.15, -0.1) is 0 Å². The molecule has 1 aliphatic rings. The van der Waals surface area contributed by atoms with Gasteiger partial charge in [-0.25, -0.2) is 9.97 Å². The predicted molar refractivity (Wildman–Crippen MR) is 43.7 cm³/mol. The molecule has 0 fully saturated rings. The second-order valence-corrected chi connectivity index (χ2v) is 3.36. The minimum Gasteiger partial charge on any atom is -0.310 e. The summed E-state index contributed by atoms with van der Waals surface area (Å²) in [6.07, 6.45) is 3.11. The van der Waals surface area contributed by atoms with Gasteiger partial charge in [0.25, 0.3) is 0 Å². The lowest BCUT2D eigenvalue weighted by molar-refractivity contribution is -0.119. The number of hydrogen-bond donors (Lipinski definition) is 1. The first-order chi connectivity index (χ1) is 5.62. The predicted octanol–water partition coefficient (Wildman–Crippen LogP) is 0.706. The van der Waals surface area contributed by atoms with Crippen molar-refractivity contribution in [2.24, 2.45) is 0 Å². The molecule has 0 aromatic carbocycles. The van der Waals surface area contributed by atoms with Crippen molar-refractivity contribution in [3.63, 3.8) is 0 Å². The average molecular weight is 163 g/mol. The van der Waals surface area contributed by atoms with Crippen LogP contribution in [0.25, 0.3) is 0 Å². The molecule has 0 aliphatic carbocycles. The summed E-state index contributed by atoms with van der Waals surface area (Å²) in [6, 6.07) is 0. The molecule has 12 heavy (non-hydrogen) atoms. The summed E-state index contributed by atoms with van der Waals surface area (Å²) in [4.78, 5) is 19.2. The fourth-order valence-electron chi connectivity index (χ4n) is 1.27. The Morgan fingerprint density at radius 3 is 2.92 bits per heavy atom. The fraction of sp³-hybridized carbons (Fsp3) is 0.375. The van der Waals surface area contributed by atoms with Crippen molar-refractivity contribution >= 4 is 11.7 Å². The van der Waals surface area contributed by atoms with Crippen LogP contribution in [0.2, 0.25) is 0 Å². The van der Waals surface area contributed by atoms with Gasteiger partial charge < -0.3 is 5.32 Å². The standard InChI is InChI=1S/C8H9N3O/c1-8(2)5-3-9-4-10-6(5)11-7(8)12/h3-4H,1-2H3,(H,9,10,11,12). The van der Waals surface area contributed by atoms with E-state index in [1.807, 2.05) is 13.8 Å². The molecule has 0 spiro atoms. The highest BCUT2D eigenvalue weighted by atomic mass is 16.2. The van der Waals surface area contributed by atoms with E-state index in [-0.39, 0.29) is 5.91 Å². The lowest BCUT2D eigenvalue weighted by atomic mass is 9.88. The molecule has 62 valence electrons. The molecule has 0 unspecified atom stereocenters. The maximum Gasteiger partial charge on any atom is 0.235 e. The largest absolute Gasteiger partial charge is 0.310 e. The smallest absolute Gasteiger partial charge is 0.235 e. The number of fused-ring (bicyclic) bond motifs is 1. The average Bonchev–Trinajstić information content (AvgIpc) is 2.25. The fourth-order valence-corrected chi connectivity index (χ4v) is 1.27. The number of carbonyl (C=O) groups is 1. The molecule has 1 aliphatic heterocycles. The normalized spacial score (nSPS) is 18.7. The zero-order valence-corrected chi connectivity index (χ0v) is 6.96. The third-order valence-corrected chi connectivity index (χ3v) is 2.19. The highest BCUT2D eigenvalue weighted by Crippen LogP contribution is 2.34. The minimum atomic E-state index is -0.489. The lowest BCUT2D eigenvalue weighted by Gasteiger charge is -2.12. The SMILES string of the molecule is CC1(C)C(=O)Nc2ncncc21. The zero-order valence-electron chi connectivity index (χ0n) is 6.96. The summed E-state index contributed by atoms with van der Waals surface area (Å²) in [5.41, 5.74) is 0.381. The number of hydrogen-bond acceptors (Lipinski definition) is 3. The van der Waals surface area contributed by atoms with Gasteiger partial charge in [-0.1, -0.05) is 0 Å². The molecule has 1 aromatic heterocycles. The molecule has 0 bridgehead atoms. The van der Waals surface area contributed by atoms with E-state index >= 15 is 0 Å². The number of aromatic nitrogens is 2. The number of carbonyl (C=O) groups excluding carboxylic acids is 1. The van der Waals surface area contributed by atoms with Crippen LogP contribution in [0, 0.1) is 0 Å². The Bertz CT molecular complexity index is 346. The number of nitrogens with one attached hydrogen (secondary N) is 1. The van der Waals surface area contributed by atoms with E-state index in [9.17, 15) is 4.79 Å². The van der Waals surface area contributed by atoms with Crippen molar-refractivity contribution in [2.75, 3.05) is 5.32 Å². The molecule has 1 amide bonds. The summed E-state index contributed by atoms with van der Waals surface area (Å²) in [6.45, 7) is 3.72. The van der Waals surface area contributed by atoms with Crippen molar-refractivity contribution in [3.05, 3.63) is 18.1 Å². The van der Waals surface area contributed by atoms with E-state index in [1.165, 1.54) is 6.33 Å². The van der Waals surface area contributed by atoms with E-state index in [2.05, 4.69) is 15.3 Å². The van der Waals surface area contributed by atoms with Crippen molar-refractivity contribution in [3.8, 4) is 0 Å². The first-order valence-corrected chi connectivity index (χ1v) is 3.74. The van der Waals surface area contributed by atoms with Crippen molar-refractivity contribution < 1.29 is 4.79 Å². The molecule has 2 rings (SSSR count). The molecule has 2 heterocycles. The third-order valence-electron chi connectivity index (χ3n) is 2.19. The van der Waals surface area contributed by atoms with Crippen LogP contribution in [0.3, 0.4) is 0 Å². The zero-order chi connectivity index (χ0) is 8.77. The summed E-state index contributed by atoms with van der Waals surface area (Å²) in [5, 5.41) is 2.70. The van der Waals surface area contributed by atoms with Crippen LogP contribution in [0.4, 0.5) is 5.82 Å². The van der Waals surface area contributed by atoms with Gasteiger partial charge in [0, 0.05) is 11.8 Å². The van der Waals surface area contributed by atoms with Crippen LogP contribution in [0.1, 0.15) is 19.4 Å². The van der Waals surface area contributed by atoms with E-state index in [0.717, 1.165) is 5.56 Å². The van der Waals surface area contributed by atoms with Crippen LogP contribution in [-0.2, 0) is 10.2 Å². The number of anilines is 1. The van der Waals surface area contributed by atoms with E-state index in [0.29, 0.717) is 5.82 Å². The highest BCUT2D eigenvalue weighted by molar-refractivity contribution is 6.04. The van der Waals surface area contributed by atoms with Gasteiger partial charge in [-0.2, -0.15) is 0 Å². The summed E-state index contributed by atoms with van der Waals surface area (Å²) >= 11 is 0. The van der Waals surface area contributed by atoms with Gasteiger partial charge in [0.2, 0.25) is 5.91 Å². The Labute approximate surface area is 70.0 Å². The van der Waals surface area contributed by atoms with Crippen LogP contribution >= 0.6 is 0 Å². The monoisotopic (exact) mass is 163 g/mol. The first-order valence-electron chi connectivity index (χ1n) is 3.74. The van der Waals surface area contributed by atoms with Crippen molar-refractivity contribution in [1.82, 2.24) is 9.97 Å². The Kier molecular flexibility index (Phi) is 1.22. The highest BCUT2D eigenvalue weighted by Gasteiger charge is 2.39. The Morgan fingerprint density at radius 2 is 2.25 bits per heavy atom. The molecular weight excluding hydrogens is 154 g/mol. The van der Waals surface area contributed by atoms with Crippen LogP contribution in [0.15, 0.2) is 12.5 Å². The Balaban J connectivity index is 2.63. The molecule has 4 nitrogen and oxygen atoms in total. The molecule has 0 saturated heterocycles. The molecular formula is C8H9N3O. The van der Waals surface area contributed by atoms with E-state index < -0.39 is 5.41 Å². The maximum atomic E-state index is 11.4. The molecule has 0 radical (unpaired) electrons. The summed E-state index contributed by atoms with van der Waals surface area (Å²) in [7, 11) is 0. The Hall–Kier alpha value is -1.45. The third kappa shape index (κ3) is 0.747. The molecule has 1 aromatic rings. The van der Waals surface area contributed by atoms with Gasteiger partial charge >= 0.3 is 0 Å². The summed E-state index contributed by atoms with van der Waals surface area (Å²) in [5.74, 6) is 0.623. The second-order valence-electron chi connectivity index (χ2n) is 3.36. The van der Waals surface area contributed by atoms with Crippen molar-refractivity contribution in [2.45, 2.75) is 19.3 Å². The van der Waals surface area contributed by atoms with Gasteiger partial charge in [0.15, 0.2) is 0 Å². The second kappa shape index (κ2) is 2.03. The van der Waals surface area contributed by atoms with Crippen LogP contribution < -0.4 is 5.32 Å². The van der Waals surface area contributed by atoms with Gasteiger partial charge in [-0.05, 0) is 13.8 Å². The van der Waals surface area contributed by atoms with Crippen molar-refractivity contribution in [1.29, 1.82) is 0 Å². The number of rotatable bonds is 0. The van der Waals surface area contributed by atoms with E-state index in [1.54, 1.807) is 6.20 Å². The quantitative estimate of drug-likeness (QED) is 0.612. The molecule has 1 N–H and O–H groups in total. The number of nitrogens with zero attached hydrogens (tertiary/aromatic N) is 2. The Morgan fingerprint density at radius 1 is 1.50 bits per heavy atom. The first kappa shape index (κ1) is 7.21. The van der Waals surface area contributed by atoms with Gasteiger partial charge in [-0.3, -0.25) is 4.79 Å². The molecule has 4 heteroatoms. The van der Waals surface area contributed by atoms with E-state index in [4.69, 9.17) is 0 Å². The summed E-state index contributed by atoms with van der Waals surface area (Å²) < 4.78 is 0. The van der Waals surface area contributed by atoms with Gasteiger partial charge in [0.05, 0.1) is 5.41 Å². The topological polar surface area (TPSA) is 54.9 Å². The minimum absolute atomic E-state index is 0.0157. The van der Waals surface area contributed by atoms with Gasteiger partial charge in [0.1, 0.15) is 12.1 Å². The maximum absolute atomic E-state index is 11.4. The molecule has 0 atom stereocenters. The number of amides is 1. The van der Waals surface area contributed by atoms with Crippen LogP contribution in [-0.4, -0.2) is 15.9 Å².